The van der Waals surface area contributed by atoms with Gasteiger partial charge in [-0.1, -0.05) is 6.07 Å². The molecule has 0 atom stereocenters. The Morgan fingerprint density at radius 1 is 1.11 bits per heavy atom. The number of carbonyl (C=O) groups excluding carboxylic acids is 1. The average Bonchev–Trinajstić information content (AvgIpc) is 3.69. The van der Waals surface area contributed by atoms with E-state index < -0.39 is 5.60 Å². The predicted octanol–water partition coefficient (Wildman–Crippen LogP) is 5.37. The lowest BCUT2D eigenvalue weighted by molar-refractivity contribution is 0.0140. The number of nitrogens with one attached hydrogen (secondary N) is 2. The van der Waals surface area contributed by atoms with E-state index in [1.165, 1.54) is 12.8 Å². The van der Waals surface area contributed by atoms with Crippen LogP contribution in [0.1, 0.15) is 66.9 Å². The number of benzene rings is 2. The Kier molecular flexibility index (Phi) is 6.76. The molecule has 2 aromatic carbocycles. The molecule has 6 heteroatoms. The molecule has 1 aromatic heterocycles. The van der Waals surface area contributed by atoms with Gasteiger partial charge in [0.2, 0.25) is 0 Å². The molecular weight excluding hydrogens is 438 g/mol. The molecule has 0 radical (unpaired) electrons. The number of aliphatic hydroxyl groups is 1. The van der Waals surface area contributed by atoms with E-state index in [2.05, 4.69) is 16.7 Å². The summed E-state index contributed by atoms with van der Waals surface area (Å²) < 4.78 is 5.77. The van der Waals surface area contributed by atoms with Crippen LogP contribution in [0.15, 0.2) is 48.7 Å². The number of pyridine rings is 1. The van der Waals surface area contributed by atoms with Crippen molar-refractivity contribution < 1.29 is 14.6 Å². The largest absolute Gasteiger partial charge is 0.493 e. The van der Waals surface area contributed by atoms with Gasteiger partial charge in [-0.15, -0.1) is 0 Å². The van der Waals surface area contributed by atoms with E-state index in [9.17, 15) is 9.90 Å². The van der Waals surface area contributed by atoms with Crippen molar-refractivity contribution in [3.8, 4) is 5.75 Å². The second-order valence-electron chi connectivity index (χ2n) is 10.5. The summed E-state index contributed by atoms with van der Waals surface area (Å²) in [4.78, 5) is 17.5. The first-order valence-electron chi connectivity index (χ1n) is 12.7. The molecule has 3 N–H and O–H groups in total. The van der Waals surface area contributed by atoms with Gasteiger partial charge in [-0.3, -0.25) is 9.78 Å². The fourth-order valence-corrected chi connectivity index (χ4v) is 4.73. The van der Waals surface area contributed by atoms with Gasteiger partial charge in [0, 0.05) is 35.4 Å². The van der Waals surface area contributed by atoms with E-state index in [4.69, 9.17) is 9.72 Å². The molecule has 0 unspecified atom stereocenters. The predicted molar refractivity (Wildman–Crippen MR) is 139 cm³/mol. The first-order chi connectivity index (χ1) is 16.9. The van der Waals surface area contributed by atoms with Crippen molar-refractivity contribution in [1.82, 2.24) is 10.3 Å². The maximum atomic E-state index is 12.8. The smallest absolute Gasteiger partial charge is 0.255 e. The van der Waals surface area contributed by atoms with Crippen molar-refractivity contribution >= 4 is 22.5 Å². The van der Waals surface area contributed by atoms with E-state index in [1.54, 1.807) is 12.1 Å². The van der Waals surface area contributed by atoms with Gasteiger partial charge < -0.3 is 20.5 Å². The normalized spacial score (nSPS) is 22.2. The van der Waals surface area contributed by atoms with Gasteiger partial charge in [0.05, 0.1) is 17.7 Å². The minimum Gasteiger partial charge on any atom is -0.493 e. The average molecular weight is 474 g/mol. The van der Waals surface area contributed by atoms with Crippen LogP contribution < -0.4 is 15.4 Å². The van der Waals surface area contributed by atoms with E-state index in [0.717, 1.165) is 72.3 Å². The topological polar surface area (TPSA) is 83.5 Å². The molecule has 2 fully saturated rings. The molecule has 3 aromatic rings. The molecule has 35 heavy (non-hydrogen) atoms. The standard InChI is InChI=1S/C29H35N3O3/c1-19-26(32-28(33)22-5-8-25(9-6-22)35-18-20-3-4-20)10-7-23-15-21(17-31-27(19)23)16-30-24-11-13-29(2,34)14-12-24/h5-10,15,17,20,24,30,34H,3-4,11-14,16,18H2,1-2H3,(H,32,33)/t24-,29+. The molecule has 0 bridgehead atoms. The van der Waals surface area contributed by atoms with Gasteiger partial charge in [0.1, 0.15) is 5.75 Å². The maximum Gasteiger partial charge on any atom is 0.255 e. The lowest BCUT2D eigenvalue weighted by Gasteiger charge is -2.33. The number of rotatable bonds is 8. The van der Waals surface area contributed by atoms with E-state index in [-0.39, 0.29) is 5.91 Å². The number of hydrogen-bond acceptors (Lipinski definition) is 5. The third-order valence-corrected chi connectivity index (χ3v) is 7.37. The number of ether oxygens (including phenoxy) is 1. The molecule has 1 heterocycles. The number of anilines is 1. The zero-order valence-electron chi connectivity index (χ0n) is 20.6. The monoisotopic (exact) mass is 473 g/mol. The van der Waals surface area contributed by atoms with Crippen LogP contribution in [0.5, 0.6) is 5.75 Å². The van der Waals surface area contributed by atoms with Crippen LogP contribution >= 0.6 is 0 Å². The first-order valence-corrected chi connectivity index (χ1v) is 12.7. The maximum absolute atomic E-state index is 12.8. The molecule has 0 aliphatic heterocycles. The molecule has 2 saturated carbocycles. The molecule has 0 spiro atoms. The summed E-state index contributed by atoms with van der Waals surface area (Å²) in [6, 6.07) is 13.9. The van der Waals surface area contributed by atoms with E-state index >= 15 is 0 Å². The summed E-state index contributed by atoms with van der Waals surface area (Å²) in [5.41, 5.74) is 3.83. The highest BCUT2D eigenvalue weighted by Gasteiger charge is 2.28. The van der Waals surface area contributed by atoms with Gasteiger partial charge >= 0.3 is 0 Å². The van der Waals surface area contributed by atoms with Crippen LogP contribution in [0.25, 0.3) is 10.9 Å². The number of hydrogen-bond donors (Lipinski definition) is 3. The third kappa shape index (κ3) is 6.00. The highest BCUT2D eigenvalue weighted by atomic mass is 16.5. The first kappa shape index (κ1) is 23.8. The summed E-state index contributed by atoms with van der Waals surface area (Å²) in [6.07, 6.45) is 8.08. The highest BCUT2D eigenvalue weighted by Crippen LogP contribution is 2.30. The number of carbonyl (C=O) groups is 1. The molecule has 1 amide bonds. The van der Waals surface area contributed by atoms with Crippen LogP contribution in [0.2, 0.25) is 0 Å². The molecule has 6 nitrogen and oxygen atoms in total. The number of amides is 1. The lowest BCUT2D eigenvalue weighted by atomic mass is 9.83. The van der Waals surface area contributed by atoms with E-state index in [1.807, 2.05) is 44.3 Å². The Hall–Kier alpha value is -2.96. The van der Waals surface area contributed by atoms with Gasteiger partial charge in [-0.25, -0.2) is 0 Å². The number of nitrogens with zero attached hydrogens (tertiary/aromatic N) is 1. The molecule has 0 saturated heterocycles. The SMILES string of the molecule is Cc1c(NC(=O)c2ccc(OCC3CC3)cc2)ccc2cc(CN[C@H]3CC[C@@](C)(O)CC3)cnc12. The van der Waals surface area contributed by atoms with Crippen molar-refractivity contribution in [3.05, 3.63) is 65.4 Å². The summed E-state index contributed by atoms with van der Waals surface area (Å²) in [5.74, 6) is 1.36. The van der Waals surface area contributed by atoms with Crippen LogP contribution in [-0.4, -0.2) is 34.2 Å². The Balaban J connectivity index is 1.20. The van der Waals surface area contributed by atoms with Crippen LogP contribution in [0.4, 0.5) is 5.69 Å². The zero-order valence-corrected chi connectivity index (χ0v) is 20.6. The van der Waals surface area contributed by atoms with Crippen molar-refractivity contribution in [3.63, 3.8) is 0 Å². The summed E-state index contributed by atoms with van der Waals surface area (Å²) in [6.45, 7) is 5.44. The quantitative estimate of drug-likeness (QED) is 0.410. The number of fused-ring (bicyclic) bond motifs is 1. The van der Waals surface area contributed by atoms with Gasteiger partial charge in [0.25, 0.3) is 5.91 Å². The Bertz CT molecular complexity index is 1190. The fraction of sp³-hybridized carbons (Fsp3) is 0.448. The molecular formula is C29H35N3O3. The second kappa shape index (κ2) is 9.96. The fourth-order valence-electron chi connectivity index (χ4n) is 4.73. The summed E-state index contributed by atoms with van der Waals surface area (Å²) >= 11 is 0. The molecule has 2 aliphatic carbocycles. The highest BCUT2D eigenvalue weighted by molar-refractivity contribution is 6.06. The Morgan fingerprint density at radius 2 is 1.86 bits per heavy atom. The molecule has 184 valence electrons. The summed E-state index contributed by atoms with van der Waals surface area (Å²) in [5, 5.41) is 17.9. The van der Waals surface area contributed by atoms with Crippen LogP contribution in [0, 0.1) is 12.8 Å². The zero-order chi connectivity index (χ0) is 24.4. The number of aryl methyl sites for hydroxylation is 1. The Labute approximate surface area is 207 Å². The minimum atomic E-state index is -0.513. The van der Waals surface area contributed by atoms with Gasteiger partial charge in [-0.05, 0) is 106 Å². The van der Waals surface area contributed by atoms with Crippen molar-refractivity contribution in [2.24, 2.45) is 5.92 Å². The summed E-state index contributed by atoms with van der Waals surface area (Å²) in [7, 11) is 0. The van der Waals surface area contributed by atoms with Crippen LogP contribution in [-0.2, 0) is 6.54 Å². The minimum absolute atomic E-state index is 0.145. The number of aromatic nitrogens is 1. The molecule has 5 rings (SSSR count). The third-order valence-electron chi connectivity index (χ3n) is 7.37. The lowest BCUT2D eigenvalue weighted by Crippen LogP contribution is -2.39. The van der Waals surface area contributed by atoms with Crippen LogP contribution in [0.3, 0.4) is 0 Å². The van der Waals surface area contributed by atoms with Gasteiger partial charge in [-0.2, -0.15) is 0 Å². The molecule has 2 aliphatic rings. The van der Waals surface area contributed by atoms with E-state index in [0.29, 0.717) is 17.5 Å². The van der Waals surface area contributed by atoms with Gasteiger partial charge in [0.15, 0.2) is 0 Å². The van der Waals surface area contributed by atoms with Crippen molar-refractivity contribution in [1.29, 1.82) is 0 Å². The Morgan fingerprint density at radius 3 is 2.57 bits per heavy atom. The second-order valence-corrected chi connectivity index (χ2v) is 10.5. The van der Waals surface area contributed by atoms with Crippen molar-refractivity contribution in [2.75, 3.05) is 11.9 Å². The van der Waals surface area contributed by atoms with Crippen molar-refractivity contribution in [2.45, 2.75) is 70.6 Å².